The van der Waals surface area contributed by atoms with Gasteiger partial charge in [-0.2, -0.15) is 10.1 Å². The molecule has 21 heavy (non-hydrogen) atoms. The SMILES string of the molecule is CCc1noc([C@H](C)N2CCC[C@@H](Cn3cncn3)C2)n1. The molecule has 2 aromatic heterocycles. The molecule has 1 aliphatic rings. The third-order valence-electron chi connectivity index (χ3n) is 4.17. The standard InChI is InChI=1S/C14H22N6O/c1-3-13-17-14(21-18-13)11(2)19-6-4-5-12(7-19)8-20-10-15-9-16-20/h9-12H,3-8H2,1-2H3/t11-,12+/m0/s1. The monoisotopic (exact) mass is 290 g/mol. The fourth-order valence-corrected chi connectivity index (χ4v) is 2.93. The largest absolute Gasteiger partial charge is 0.338 e. The zero-order valence-corrected chi connectivity index (χ0v) is 12.6. The number of piperidine rings is 1. The molecule has 0 unspecified atom stereocenters. The highest BCUT2D eigenvalue weighted by Gasteiger charge is 2.27. The van der Waals surface area contributed by atoms with Crippen molar-refractivity contribution in [3.05, 3.63) is 24.4 Å². The van der Waals surface area contributed by atoms with Gasteiger partial charge in [-0.3, -0.25) is 9.58 Å². The lowest BCUT2D eigenvalue weighted by Crippen LogP contribution is -2.38. The van der Waals surface area contributed by atoms with Crippen LogP contribution < -0.4 is 0 Å². The van der Waals surface area contributed by atoms with Crippen molar-refractivity contribution >= 4 is 0 Å². The van der Waals surface area contributed by atoms with Gasteiger partial charge >= 0.3 is 0 Å². The smallest absolute Gasteiger partial charge is 0.243 e. The van der Waals surface area contributed by atoms with Crippen molar-refractivity contribution in [2.45, 2.75) is 45.7 Å². The first-order chi connectivity index (χ1) is 10.3. The van der Waals surface area contributed by atoms with Crippen LogP contribution in [0.4, 0.5) is 0 Å². The van der Waals surface area contributed by atoms with Crippen molar-refractivity contribution in [3.8, 4) is 0 Å². The van der Waals surface area contributed by atoms with E-state index < -0.39 is 0 Å². The molecule has 0 amide bonds. The maximum absolute atomic E-state index is 5.38. The molecule has 114 valence electrons. The van der Waals surface area contributed by atoms with Crippen LogP contribution in [0.25, 0.3) is 0 Å². The van der Waals surface area contributed by atoms with Gasteiger partial charge in [0.1, 0.15) is 12.7 Å². The molecule has 7 heteroatoms. The summed E-state index contributed by atoms with van der Waals surface area (Å²) in [5.41, 5.74) is 0. The third kappa shape index (κ3) is 3.29. The molecule has 0 bridgehead atoms. The van der Waals surface area contributed by atoms with Crippen LogP contribution in [-0.4, -0.2) is 42.9 Å². The van der Waals surface area contributed by atoms with Crippen LogP contribution in [0.1, 0.15) is 44.4 Å². The summed E-state index contributed by atoms with van der Waals surface area (Å²) in [6.45, 7) is 7.22. The van der Waals surface area contributed by atoms with Crippen molar-refractivity contribution in [3.63, 3.8) is 0 Å². The fraction of sp³-hybridized carbons (Fsp3) is 0.714. The van der Waals surface area contributed by atoms with E-state index in [1.807, 2.05) is 11.6 Å². The molecule has 0 aliphatic carbocycles. The number of hydrogen-bond acceptors (Lipinski definition) is 6. The Kier molecular flexibility index (Phi) is 4.28. The lowest BCUT2D eigenvalue weighted by Gasteiger charge is -2.35. The van der Waals surface area contributed by atoms with Crippen LogP contribution in [0, 0.1) is 5.92 Å². The normalized spacial score (nSPS) is 21.5. The average molecular weight is 290 g/mol. The molecule has 3 rings (SSSR count). The van der Waals surface area contributed by atoms with Crippen LogP contribution in [-0.2, 0) is 13.0 Å². The molecule has 0 N–H and O–H groups in total. The van der Waals surface area contributed by atoms with Gasteiger partial charge in [0.25, 0.3) is 0 Å². The first kappa shape index (κ1) is 14.2. The molecule has 0 spiro atoms. The van der Waals surface area contributed by atoms with Gasteiger partial charge in [-0.05, 0) is 32.2 Å². The van der Waals surface area contributed by atoms with Crippen LogP contribution in [0.5, 0.6) is 0 Å². The predicted octanol–water partition coefficient (Wildman–Crippen LogP) is 1.70. The Hall–Kier alpha value is -1.76. The van der Waals surface area contributed by atoms with Gasteiger partial charge in [-0.25, -0.2) is 4.98 Å². The van der Waals surface area contributed by atoms with E-state index in [1.165, 1.54) is 12.8 Å². The van der Waals surface area contributed by atoms with Gasteiger partial charge in [0, 0.05) is 19.5 Å². The van der Waals surface area contributed by atoms with E-state index in [0.29, 0.717) is 5.92 Å². The number of hydrogen-bond donors (Lipinski definition) is 0. The Morgan fingerprint density at radius 3 is 3.10 bits per heavy atom. The molecule has 0 radical (unpaired) electrons. The fourth-order valence-electron chi connectivity index (χ4n) is 2.93. The molecule has 7 nitrogen and oxygen atoms in total. The van der Waals surface area contributed by atoms with Crippen molar-refractivity contribution in [1.82, 2.24) is 29.8 Å². The maximum atomic E-state index is 5.38. The van der Waals surface area contributed by atoms with E-state index in [1.54, 1.807) is 12.7 Å². The lowest BCUT2D eigenvalue weighted by molar-refractivity contribution is 0.102. The number of aromatic nitrogens is 5. The summed E-state index contributed by atoms with van der Waals surface area (Å²) in [6, 6.07) is 0.177. The molecule has 3 heterocycles. The lowest BCUT2D eigenvalue weighted by atomic mass is 9.97. The maximum Gasteiger partial charge on any atom is 0.243 e. The first-order valence-corrected chi connectivity index (χ1v) is 7.65. The number of nitrogens with zero attached hydrogens (tertiary/aromatic N) is 6. The molecule has 0 aromatic carbocycles. The van der Waals surface area contributed by atoms with Crippen molar-refractivity contribution in [2.75, 3.05) is 13.1 Å². The van der Waals surface area contributed by atoms with E-state index in [0.717, 1.165) is 37.8 Å². The zero-order valence-electron chi connectivity index (χ0n) is 12.6. The van der Waals surface area contributed by atoms with Crippen molar-refractivity contribution in [1.29, 1.82) is 0 Å². The van der Waals surface area contributed by atoms with Crippen LogP contribution in [0.15, 0.2) is 17.2 Å². The highest BCUT2D eigenvalue weighted by Crippen LogP contribution is 2.26. The van der Waals surface area contributed by atoms with E-state index in [2.05, 4.69) is 32.0 Å². The molecular formula is C14H22N6O. The second kappa shape index (κ2) is 6.34. The minimum atomic E-state index is 0.177. The van der Waals surface area contributed by atoms with Gasteiger partial charge in [0.05, 0.1) is 6.04 Å². The Morgan fingerprint density at radius 1 is 1.48 bits per heavy atom. The molecule has 1 saturated heterocycles. The third-order valence-corrected chi connectivity index (χ3v) is 4.17. The summed E-state index contributed by atoms with van der Waals surface area (Å²) in [5.74, 6) is 2.11. The summed E-state index contributed by atoms with van der Waals surface area (Å²) in [5, 5.41) is 8.19. The summed E-state index contributed by atoms with van der Waals surface area (Å²) in [6.07, 6.45) is 6.61. The van der Waals surface area contributed by atoms with Gasteiger partial charge in [0.15, 0.2) is 5.82 Å². The van der Waals surface area contributed by atoms with Crippen LogP contribution >= 0.6 is 0 Å². The topological polar surface area (TPSA) is 72.9 Å². The average Bonchev–Trinajstić information content (AvgIpc) is 3.17. The minimum absolute atomic E-state index is 0.177. The van der Waals surface area contributed by atoms with Crippen molar-refractivity contribution in [2.24, 2.45) is 5.92 Å². The van der Waals surface area contributed by atoms with Gasteiger partial charge in [-0.1, -0.05) is 12.1 Å². The Labute approximate surface area is 124 Å². The Morgan fingerprint density at radius 2 is 2.38 bits per heavy atom. The van der Waals surface area contributed by atoms with E-state index in [4.69, 9.17) is 4.52 Å². The summed E-state index contributed by atoms with van der Waals surface area (Å²) >= 11 is 0. The van der Waals surface area contributed by atoms with E-state index >= 15 is 0 Å². The molecule has 0 saturated carbocycles. The Balaban J connectivity index is 1.62. The highest BCUT2D eigenvalue weighted by molar-refractivity contribution is 4.93. The van der Waals surface area contributed by atoms with Gasteiger partial charge in [-0.15, -0.1) is 0 Å². The Bertz CT molecular complexity index is 552. The summed E-state index contributed by atoms with van der Waals surface area (Å²) in [7, 11) is 0. The van der Waals surface area contributed by atoms with Gasteiger partial charge in [0.2, 0.25) is 5.89 Å². The molecule has 1 aliphatic heterocycles. The number of aryl methyl sites for hydroxylation is 1. The van der Waals surface area contributed by atoms with Gasteiger partial charge < -0.3 is 4.52 Å². The predicted molar refractivity (Wildman–Crippen MR) is 76.4 cm³/mol. The number of rotatable bonds is 5. The molecule has 2 aromatic rings. The highest BCUT2D eigenvalue weighted by atomic mass is 16.5. The second-order valence-corrected chi connectivity index (χ2v) is 5.70. The quantitative estimate of drug-likeness (QED) is 0.834. The zero-order chi connectivity index (χ0) is 14.7. The molecular weight excluding hydrogens is 268 g/mol. The van der Waals surface area contributed by atoms with Crippen LogP contribution in [0.2, 0.25) is 0 Å². The molecule has 1 fully saturated rings. The second-order valence-electron chi connectivity index (χ2n) is 5.70. The van der Waals surface area contributed by atoms with E-state index in [-0.39, 0.29) is 6.04 Å². The minimum Gasteiger partial charge on any atom is -0.338 e. The van der Waals surface area contributed by atoms with Crippen molar-refractivity contribution < 1.29 is 4.52 Å². The molecule has 2 atom stereocenters. The van der Waals surface area contributed by atoms with E-state index in [9.17, 15) is 0 Å². The summed E-state index contributed by atoms with van der Waals surface area (Å²) in [4.78, 5) is 10.9. The number of likely N-dealkylation sites (tertiary alicyclic amines) is 1. The van der Waals surface area contributed by atoms with Crippen LogP contribution in [0.3, 0.4) is 0 Å². The summed E-state index contributed by atoms with van der Waals surface area (Å²) < 4.78 is 7.30. The first-order valence-electron chi connectivity index (χ1n) is 7.65.